The van der Waals surface area contributed by atoms with Crippen LogP contribution in [0.25, 0.3) is 55.8 Å². The molecular weight excluding hydrogens is 472 g/mol. The van der Waals surface area contributed by atoms with Crippen molar-refractivity contribution in [2.45, 2.75) is 32.2 Å². The van der Waals surface area contributed by atoms with Crippen LogP contribution in [-0.2, 0) is 6.54 Å². The van der Waals surface area contributed by atoms with Crippen LogP contribution < -0.4 is 5.32 Å². The van der Waals surface area contributed by atoms with E-state index < -0.39 is 0 Å². The first kappa shape index (κ1) is 22.7. The molecule has 3 N–H and O–H groups in total. The second kappa shape index (κ2) is 9.79. The van der Waals surface area contributed by atoms with E-state index in [9.17, 15) is 0 Å². The predicted molar refractivity (Wildman–Crippen MR) is 149 cm³/mol. The largest absolute Gasteiger partial charge is 0.338 e. The third kappa shape index (κ3) is 4.33. The van der Waals surface area contributed by atoms with Crippen LogP contribution in [-0.4, -0.2) is 41.7 Å². The maximum Gasteiger partial charge on any atom is 0.138 e. The fourth-order valence-corrected chi connectivity index (χ4v) is 5.54. The van der Waals surface area contributed by atoms with E-state index in [1.54, 1.807) is 12.4 Å². The highest BCUT2D eigenvalue weighted by molar-refractivity contribution is 5.99. The van der Waals surface area contributed by atoms with Crippen molar-refractivity contribution in [3.63, 3.8) is 0 Å². The number of hydrogen-bond donors (Lipinski definition) is 3. The fourth-order valence-electron chi connectivity index (χ4n) is 5.54. The molecule has 0 spiro atoms. The van der Waals surface area contributed by atoms with E-state index in [1.165, 1.54) is 31.2 Å². The predicted octanol–water partition coefficient (Wildman–Crippen LogP) is 5.91. The van der Waals surface area contributed by atoms with E-state index in [2.05, 4.69) is 53.6 Å². The van der Waals surface area contributed by atoms with Crippen LogP contribution in [0.4, 0.5) is 0 Å². The number of hydrogen-bond acceptors (Lipinski definition) is 6. The summed E-state index contributed by atoms with van der Waals surface area (Å²) in [4.78, 5) is 21.7. The van der Waals surface area contributed by atoms with Gasteiger partial charge in [0.05, 0.1) is 28.8 Å². The number of fused-ring (bicyclic) bond motifs is 2. The number of aromatic amines is 2. The molecule has 8 nitrogen and oxygen atoms in total. The number of aromatic nitrogens is 7. The smallest absolute Gasteiger partial charge is 0.138 e. The molecule has 1 aliphatic rings. The number of pyridine rings is 4. The molecule has 1 fully saturated rings. The number of nitrogens with one attached hydrogen (secondary N) is 3. The SMILES string of the molecule is c1ccc(-c2ccnc3[nH]c(-c4n[nH]c5cnc(-c6cncc(CNCC7CCCC7)c6)cc45)cc23)nc1. The average molecular weight is 501 g/mol. The third-order valence-electron chi connectivity index (χ3n) is 7.50. The lowest BCUT2D eigenvalue weighted by molar-refractivity contribution is 0.489. The average Bonchev–Trinajstić information content (AvgIpc) is 3.73. The van der Waals surface area contributed by atoms with Gasteiger partial charge in [-0.2, -0.15) is 5.10 Å². The summed E-state index contributed by atoms with van der Waals surface area (Å²) in [5.74, 6) is 0.814. The Balaban J connectivity index is 1.20. The summed E-state index contributed by atoms with van der Waals surface area (Å²) in [6.45, 7) is 1.89. The van der Waals surface area contributed by atoms with Crippen LogP contribution in [0.3, 0.4) is 0 Å². The summed E-state index contributed by atoms with van der Waals surface area (Å²) in [7, 11) is 0. The molecule has 8 heteroatoms. The molecule has 6 aromatic rings. The van der Waals surface area contributed by atoms with Crippen molar-refractivity contribution in [3.8, 4) is 33.9 Å². The lowest BCUT2D eigenvalue weighted by atomic mass is 10.1. The Hall–Kier alpha value is -4.43. The van der Waals surface area contributed by atoms with Crippen molar-refractivity contribution >= 4 is 21.9 Å². The van der Waals surface area contributed by atoms with Gasteiger partial charge in [0.1, 0.15) is 11.3 Å². The zero-order valence-corrected chi connectivity index (χ0v) is 21.0. The topological polar surface area (TPSA) is 108 Å². The Labute approximate surface area is 220 Å². The van der Waals surface area contributed by atoms with Gasteiger partial charge in [-0.15, -0.1) is 0 Å². The highest BCUT2D eigenvalue weighted by Crippen LogP contribution is 2.33. The molecule has 0 radical (unpaired) electrons. The summed E-state index contributed by atoms with van der Waals surface area (Å²) >= 11 is 0. The Morgan fingerprint density at radius 1 is 0.868 bits per heavy atom. The zero-order valence-electron chi connectivity index (χ0n) is 21.0. The van der Waals surface area contributed by atoms with Gasteiger partial charge in [-0.3, -0.25) is 20.1 Å². The Bertz CT molecular complexity index is 1710. The third-order valence-corrected chi connectivity index (χ3v) is 7.50. The van der Waals surface area contributed by atoms with Crippen molar-refractivity contribution in [2.75, 3.05) is 6.54 Å². The number of H-pyrrole nitrogens is 2. The van der Waals surface area contributed by atoms with Crippen LogP contribution in [0.2, 0.25) is 0 Å². The van der Waals surface area contributed by atoms with E-state index in [0.717, 1.165) is 74.8 Å². The molecule has 188 valence electrons. The van der Waals surface area contributed by atoms with Gasteiger partial charge in [0.15, 0.2) is 0 Å². The number of rotatable bonds is 7. The van der Waals surface area contributed by atoms with Crippen LogP contribution in [0.5, 0.6) is 0 Å². The highest BCUT2D eigenvalue weighted by Gasteiger charge is 2.16. The van der Waals surface area contributed by atoms with E-state index in [4.69, 9.17) is 4.98 Å². The minimum Gasteiger partial charge on any atom is -0.338 e. The summed E-state index contributed by atoms with van der Waals surface area (Å²) in [6, 6.07) is 14.3. The van der Waals surface area contributed by atoms with Gasteiger partial charge >= 0.3 is 0 Å². The maximum atomic E-state index is 4.70. The molecule has 1 aliphatic carbocycles. The first-order valence-electron chi connectivity index (χ1n) is 13.2. The van der Waals surface area contributed by atoms with Crippen LogP contribution in [0.15, 0.2) is 73.4 Å². The Morgan fingerprint density at radius 3 is 2.71 bits per heavy atom. The Kier molecular flexibility index (Phi) is 5.86. The molecule has 1 saturated carbocycles. The molecule has 38 heavy (non-hydrogen) atoms. The van der Waals surface area contributed by atoms with Crippen LogP contribution in [0, 0.1) is 5.92 Å². The molecular formula is C30H28N8. The van der Waals surface area contributed by atoms with Crippen molar-refractivity contribution in [2.24, 2.45) is 5.92 Å². The standard InChI is InChI=1S/C30H28N8/c1-2-6-19(5-1)14-31-15-20-11-21(17-32-16-20)26-13-24-28(18-35-26)37-38-29(24)27-12-23-22(8-10-34-30(23)36-27)25-7-3-4-9-33-25/h3-4,7-13,16-19,31H,1-2,5-6,14-15H2,(H,34,36)(H,37,38). The van der Waals surface area contributed by atoms with E-state index in [-0.39, 0.29) is 0 Å². The van der Waals surface area contributed by atoms with Crippen LogP contribution >= 0.6 is 0 Å². The van der Waals surface area contributed by atoms with Gasteiger partial charge in [-0.25, -0.2) is 4.98 Å². The molecule has 7 rings (SSSR count). The highest BCUT2D eigenvalue weighted by atomic mass is 15.1. The van der Waals surface area contributed by atoms with Crippen molar-refractivity contribution in [3.05, 3.63) is 79.0 Å². The summed E-state index contributed by atoms with van der Waals surface area (Å²) < 4.78 is 0. The first-order chi connectivity index (χ1) is 18.8. The molecule has 0 bridgehead atoms. The normalized spacial score (nSPS) is 14.1. The quantitative estimate of drug-likeness (QED) is 0.252. The molecule has 0 unspecified atom stereocenters. The Morgan fingerprint density at radius 2 is 1.82 bits per heavy atom. The zero-order chi connectivity index (χ0) is 25.3. The van der Waals surface area contributed by atoms with Gasteiger partial charge < -0.3 is 10.3 Å². The van der Waals surface area contributed by atoms with Crippen molar-refractivity contribution in [1.29, 1.82) is 0 Å². The van der Waals surface area contributed by atoms with E-state index >= 15 is 0 Å². The second-order valence-corrected chi connectivity index (χ2v) is 10.1. The summed E-state index contributed by atoms with van der Waals surface area (Å²) in [5.41, 5.74) is 8.37. The van der Waals surface area contributed by atoms with Gasteiger partial charge in [0.2, 0.25) is 0 Å². The molecule has 6 aromatic heterocycles. The molecule has 0 aliphatic heterocycles. The minimum absolute atomic E-state index is 0.801. The van der Waals surface area contributed by atoms with E-state index in [0.29, 0.717) is 0 Å². The monoisotopic (exact) mass is 500 g/mol. The summed E-state index contributed by atoms with van der Waals surface area (Å²) in [5, 5.41) is 13.4. The molecule has 0 amide bonds. The minimum atomic E-state index is 0.801. The molecule has 0 saturated heterocycles. The van der Waals surface area contributed by atoms with Gasteiger partial charge in [-0.05, 0) is 67.3 Å². The molecule has 6 heterocycles. The summed E-state index contributed by atoms with van der Waals surface area (Å²) in [6.07, 6.45) is 14.7. The van der Waals surface area contributed by atoms with Gasteiger partial charge in [0.25, 0.3) is 0 Å². The van der Waals surface area contributed by atoms with E-state index in [1.807, 2.05) is 42.9 Å². The molecule has 0 atom stereocenters. The number of nitrogens with zero attached hydrogens (tertiary/aromatic N) is 5. The lowest BCUT2D eigenvalue weighted by Gasteiger charge is -2.11. The molecule has 0 aromatic carbocycles. The van der Waals surface area contributed by atoms with Crippen LogP contribution in [0.1, 0.15) is 31.2 Å². The first-order valence-corrected chi connectivity index (χ1v) is 13.2. The van der Waals surface area contributed by atoms with Gasteiger partial charge in [-0.1, -0.05) is 18.9 Å². The lowest BCUT2D eigenvalue weighted by Crippen LogP contribution is -2.20. The van der Waals surface area contributed by atoms with Crippen molar-refractivity contribution in [1.82, 2.24) is 40.4 Å². The fraction of sp³-hybridized carbons (Fsp3) is 0.233. The maximum absolute atomic E-state index is 4.70. The second-order valence-electron chi connectivity index (χ2n) is 10.1. The van der Waals surface area contributed by atoms with Gasteiger partial charge in [0, 0.05) is 53.2 Å². The van der Waals surface area contributed by atoms with Crippen molar-refractivity contribution < 1.29 is 0 Å².